The van der Waals surface area contributed by atoms with Gasteiger partial charge in [0.25, 0.3) is 5.91 Å². The molecule has 0 fully saturated rings. The zero-order valence-electron chi connectivity index (χ0n) is 20.1. The third kappa shape index (κ3) is 5.75. The van der Waals surface area contributed by atoms with Crippen LogP contribution < -0.4 is 21.2 Å². The lowest BCUT2D eigenvalue weighted by Gasteiger charge is -2.21. The summed E-state index contributed by atoms with van der Waals surface area (Å²) in [6.45, 7) is 8.02. The van der Waals surface area contributed by atoms with Gasteiger partial charge in [-0.3, -0.25) is 4.79 Å². The van der Waals surface area contributed by atoms with Gasteiger partial charge in [0, 0.05) is 61.4 Å². The molecule has 0 aliphatic carbocycles. The Morgan fingerprint density at radius 3 is 2.56 bits per heavy atom. The molecule has 0 spiro atoms. The SMILES string of the molecule is CCN(CC)c1ccc2c(C)c(CCOC(=O)NCc3cccc(C(=O)NC)c3)c(=O)oc2c1. The molecule has 34 heavy (non-hydrogen) atoms. The van der Waals surface area contributed by atoms with Gasteiger partial charge in [-0.1, -0.05) is 12.1 Å². The standard InChI is InChI=1S/C26H31N3O5/c1-5-29(6-2)20-10-11-21-17(3)22(25(31)34-23(21)15-20)12-13-33-26(32)28-16-18-8-7-9-19(14-18)24(30)27-4/h7-11,14-15H,5-6,12-13,16H2,1-4H3,(H,27,30)(H,28,32). The zero-order valence-corrected chi connectivity index (χ0v) is 20.1. The van der Waals surface area contributed by atoms with Crippen LogP contribution >= 0.6 is 0 Å². The Morgan fingerprint density at radius 2 is 1.85 bits per heavy atom. The minimum Gasteiger partial charge on any atom is -0.449 e. The van der Waals surface area contributed by atoms with Gasteiger partial charge in [-0.2, -0.15) is 0 Å². The van der Waals surface area contributed by atoms with Crippen molar-refractivity contribution < 1.29 is 18.7 Å². The monoisotopic (exact) mass is 465 g/mol. The number of ether oxygens (including phenoxy) is 1. The van der Waals surface area contributed by atoms with Gasteiger partial charge < -0.3 is 24.7 Å². The average Bonchev–Trinajstić information content (AvgIpc) is 2.85. The van der Waals surface area contributed by atoms with Crippen LogP contribution in [0.1, 0.15) is 40.9 Å². The second-order valence-corrected chi connectivity index (χ2v) is 7.86. The number of alkyl carbamates (subject to hydrolysis) is 1. The fourth-order valence-corrected chi connectivity index (χ4v) is 3.90. The van der Waals surface area contributed by atoms with Gasteiger partial charge in [-0.25, -0.2) is 9.59 Å². The minimum atomic E-state index is -0.600. The summed E-state index contributed by atoms with van der Waals surface area (Å²) in [5, 5.41) is 6.09. The molecule has 1 heterocycles. The first-order valence-corrected chi connectivity index (χ1v) is 11.4. The average molecular weight is 466 g/mol. The second kappa shape index (κ2) is 11.4. The Kier molecular flexibility index (Phi) is 8.29. The van der Waals surface area contributed by atoms with E-state index in [1.54, 1.807) is 25.2 Å². The topological polar surface area (TPSA) is 101 Å². The molecule has 0 aliphatic heterocycles. The number of nitrogens with zero attached hydrogens (tertiary/aromatic N) is 1. The third-order valence-corrected chi connectivity index (χ3v) is 5.84. The Hall–Kier alpha value is -3.81. The van der Waals surface area contributed by atoms with Crippen molar-refractivity contribution in [2.75, 3.05) is 31.6 Å². The maximum absolute atomic E-state index is 12.6. The summed E-state index contributed by atoms with van der Waals surface area (Å²) in [6.07, 6.45) is -0.348. The van der Waals surface area contributed by atoms with E-state index in [0.717, 1.165) is 35.3 Å². The van der Waals surface area contributed by atoms with Crippen molar-refractivity contribution in [3.8, 4) is 0 Å². The second-order valence-electron chi connectivity index (χ2n) is 7.86. The predicted octanol–water partition coefficient (Wildman–Crippen LogP) is 3.78. The van der Waals surface area contributed by atoms with Crippen LogP contribution in [0.2, 0.25) is 0 Å². The molecule has 0 unspecified atom stereocenters. The number of hydrogen-bond acceptors (Lipinski definition) is 6. The van der Waals surface area contributed by atoms with Crippen molar-refractivity contribution in [3.05, 3.63) is 75.1 Å². The number of aryl methyl sites for hydroxylation is 1. The number of rotatable bonds is 9. The van der Waals surface area contributed by atoms with Crippen LogP contribution in [-0.2, 0) is 17.7 Å². The molecule has 0 saturated heterocycles. The van der Waals surface area contributed by atoms with Crippen molar-refractivity contribution in [3.63, 3.8) is 0 Å². The number of carbonyl (C=O) groups excluding carboxylic acids is 2. The van der Waals surface area contributed by atoms with Crippen LogP contribution in [0.5, 0.6) is 0 Å². The number of fused-ring (bicyclic) bond motifs is 1. The van der Waals surface area contributed by atoms with E-state index < -0.39 is 11.7 Å². The number of carbonyl (C=O) groups is 2. The van der Waals surface area contributed by atoms with Gasteiger partial charge in [0.1, 0.15) is 5.58 Å². The number of anilines is 1. The molecule has 0 atom stereocenters. The molecule has 0 aliphatic rings. The van der Waals surface area contributed by atoms with Crippen molar-refractivity contribution in [1.29, 1.82) is 0 Å². The van der Waals surface area contributed by atoms with Gasteiger partial charge >= 0.3 is 11.7 Å². The summed E-state index contributed by atoms with van der Waals surface area (Å²) in [7, 11) is 1.56. The maximum atomic E-state index is 12.6. The summed E-state index contributed by atoms with van der Waals surface area (Å²) in [5.41, 5.74) is 3.74. The van der Waals surface area contributed by atoms with Crippen LogP contribution in [-0.4, -0.2) is 38.7 Å². The molecular formula is C26H31N3O5. The Labute approximate surface area is 198 Å². The fourth-order valence-electron chi connectivity index (χ4n) is 3.90. The first-order valence-electron chi connectivity index (χ1n) is 11.4. The molecule has 0 radical (unpaired) electrons. The number of hydrogen-bond donors (Lipinski definition) is 2. The number of amides is 2. The quantitative estimate of drug-likeness (QED) is 0.467. The van der Waals surface area contributed by atoms with Gasteiger partial charge in [0.05, 0.1) is 6.61 Å². The lowest BCUT2D eigenvalue weighted by atomic mass is 10.0. The van der Waals surface area contributed by atoms with E-state index in [2.05, 4.69) is 29.4 Å². The first kappa shape index (κ1) is 24.8. The lowest BCUT2D eigenvalue weighted by molar-refractivity contribution is 0.0963. The molecule has 3 rings (SSSR count). The summed E-state index contributed by atoms with van der Waals surface area (Å²) < 4.78 is 10.8. The van der Waals surface area contributed by atoms with E-state index in [4.69, 9.17) is 9.15 Å². The van der Waals surface area contributed by atoms with E-state index in [9.17, 15) is 14.4 Å². The molecular weight excluding hydrogens is 434 g/mol. The largest absolute Gasteiger partial charge is 0.449 e. The van der Waals surface area contributed by atoms with Gasteiger partial charge in [0.2, 0.25) is 0 Å². The van der Waals surface area contributed by atoms with Crippen molar-refractivity contribution in [2.24, 2.45) is 0 Å². The van der Waals surface area contributed by atoms with E-state index in [1.807, 2.05) is 31.2 Å². The molecule has 180 valence electrons. The molecule has 8 nitrogen and oxygen atoms in total. The molecule has 2 amide bonds. The zero-order chi connectivity index (χ0) is 24.7. The highest BCUT2D eigenvalue weighted by Gasteiger charge is 2.14. The van der Waals surface area contributed by atoms with Crippen LogP contribution in [0.3, 0.4) is 0 Å². The summed E-state index contributed by atoms with van der Waals surface area (Å²) in [4.78, 5) is 38.6. The van der Waals surface area contributed by atoms with Crippen molar-refractivity contribution in [1.82, 2.24) is 10.6 Å². The van der Waals surface area contributed by atoms with Crippen molar-refractivity contribution in [2.45, 2.75) is 33.7 Å². The summed E-state index contributed by atoms with van der Waals surface area (Å²) in [5.74, 6) is -0.196. The van der Waals surface area contributed by atoms with Gasteiger partial charge in [-0.05, 0) is 56.2 Å². The number of benzene rings is 2. The van der Waals surface area contributed by atoms with Crippen LogP contribution in [0.4, 0.5) is 10.5 Å². The molecule has 2 N–H and O–H groups in total. The first-order chi connectivity index (χ1) is 16.4. The lowest BCUT2D eigenvalue weighted by Crippen LogP contribution is -2.25. The molecule has 2 aromatic carbocycles. The molecule has 3 aromatic rings. The predicted molar refractivity (Wildman–Crippen MR) is 133 cm³/mol. The summed E-state index contributed by atoms with van der Waals surface area (Å²) >= 11 is 0. The van der Waals surface area contributed by atoms with Crippen LogP contribution in [0.15, 0.2) is 51.7 Å². The minimum absolute atomic E-state index is 0.0404. The Bertz CT molecular complexity index is 1230. The van der Waals surface area contributed by atoms with E-state index in [0.29, 0.717) is 16.7 Å². The molecule has 1 aromatic heterocycles. The van der Waals surface area contributed by atoms with Gasteiger partial charge in [0.15, 0.2) is 0 Å². The highest BCUT2D eigenvalue weighted by molar-refractivity contribution is 5.94. The van der Waals surface area contributed by atoms with E-state index >= 15 is 0 Å². The van der Waals surface area contributed by atoms with E-state index in [-0.39, 0.29) is 25.5 Å². The fraction of sp³-hybridized carbons (Fsp3) is 0.346. The molecule has 0 saturated carbocycles. The summed E-state index contributed by atoms with van der Waals surface area (Å²) in [6, 6.07) is 12.8. The normalized spacial score (nSPS) is 10.7. The highest BCUT2D eigenvalue weighted by atomic mass is 16.5. The van der Waals surface area contributed by atoms with Crippen LogP contribution in [0, 0.1) is 6.92 Å². The number of nitrogens with one attached hydrogen (secondary N) is 2. The molecule has 0 bridgehead atoms. The van der Waals surface area contributed by atoms with Crippen molar-refractivity contribution >= 4 is 28.7 Å². The van der Waals surface area contributed by atoms with Crippen LogP contribution in [0.25, 0.3) is 11.0 Å². The Morgan fingerprint density at radius 1 is 1.09 bits per heavy atom. The smallest absolute Gasteiger partial charge is 0.407 e. The van der Waals surface area contributed by atoms with E-state index in [1.165, 1.54) is 0 Å². The highest BCUT2D eigenvalue weighted by Crippen LogP contribution is 2.25. The Balaban J connectivity index is 1.61. The molecule has 8 heteroatoms. The third-order valence-electron chi connectivity index (χ3n) is 5.84. The maximum Gasteiger partial charge on any atom is 0.407 e. The van der Waals surface area contributed by atoms with Gasteiger partial charge in [-0.15, -0.1) is 0 Å².